The largest absolute Gasteiger partial charge is 0.493 e. The van der Waals surface area contributed by atoms with Crippen molar-refractivity contribution in [2.45, 2.75) is 13.0 Å². The monoisotopic (exact) mass is 371 g/mol. The van der Waals surface area contributed by atoms with Crippen LogP contribution in [0.1, 0.15) is 12.0 Å². The van der Waals surface area contributed by atoms with E-state index in [4.69, 9.17) is 9.47 Å². The first kappa shape index (κ1) is 19.0. The Morgan fingerprint density at radius 2 is 1.93 bits per heavy atom. The Hall–Kier alpha value is -2.76. The average molecular weight is 371 g/mol. The lowest BCUT2D eigenvalue weighted by Gasteiger charge is -2.31. The van der Waals surface area contributed by atoms with Gasteiger partial charge < -0.3 is 19.5 Å². The molecular formula is C21H25NO5. The number of carbonyl (C=O) groups is 2. The third-order valence-corrected chi connectivity index (χ3v) is 5.54. The number of benzene rings is 1. The number of para-hydroxylation sites is 1. The molecule has 0 aliphatic heterocycles. The second-order valence-corrected chi connectivity index (χ2v) is 7.00. The van der Waals surface area contributed by atoms with E-state index < -0.39 is 17.8 Å². The van der Waals surface area contributed by atoms with Crippen molar-refractivity contribution in [1.29, 1.82) is 0 Å². The van der Waals surface area contributed by atoms with Crippen LogP contribution in [-0.2, 0) is 16.1 Å². The standard InChI is InChI=1S/C21H25NO5/c1-4-10-22(12-15-6-5-7-16(26-2)19(15)27-3)20(23)17-13-8-9-14(11-13)18(17)21(24)25/h4-9,13-14,17-18H,1,10-12H2,2-3H3,(H,24,25). The molecule has 0 spiro atoms. The second kappa shape index (κ2) is 7.86. The minimum absolute atomic E-state index is 0.0110. The molecular weight excluding hydrogens is 346 g/mol. The molecule has 6 heteroatoms. The number of carboxylic acid groups (broad SMARTS) is 1. The van der Waals surface area contributed by atoms with Gasteiger partial charge in [-0.1, -0.05) is 30.4 Å². The summed E-state index contributed by atoms with van der Waals surface area (Å²) in [5, 5.41) is 9.65. The van der Waals surface area contributed by atoms with Gasteiger partial charge in [-0.2, -0.15) is 0 Å². The maximum absolute atomic E-state index is 13.3. The number of allylic oxidation sites excluding steroid dienone is 2. The van der Waals surface area contributed by atoms with Gasteiger partial charge in [0, 0.05) is 18.7 Å². The van der Waals surface area contributed by atoms with Crippen LogP contribution in [0.15, 0.2) is 43.0 Å². The van der Waals surface area contributed by atoms with Gasteiger partial charge in [0.25, 0.3) is 0 Å². The number of carboxylic acids is 1. The molecule has 1 fully saturated rings. The van der Waals surface area contributed by atoms with Gasteiger partial charge in [-0.05, 0) is 24.3 Å². The van der Waals surface area contributed by atoms with Gasteiger partial charge in [-0.25, -0.2) is 0 Å². The third-order valence-electron chi connectivity index (χ3n) is 5.54. The number of aliphatic carboxylic acids is 1. The third kappa shape index (κ3) is 3.44. The summed E-state index contributed by atoms with van der Waals surface area (Å²) in [4.78, 5) is 26.7. The molecule has 0 radical (unpaired) electrons. The van der Waals surface area contributed by atoms with E-state index in [0.717, 1.165) is 12.0 Å². The maximum Gasteiger partial charge on any atom is 0.307 e. The summed E-state index contributed by atoms with van der Waals surface area (Å²) in [5.74, 6) is -1.15. The highest BCUT2D eigenvalue weighted by Crippen LogP contribution is 2.49. The topological polar surface area (TPSA) is 76.1 Å². The molecule has 6 nitrogen and oxygen atoms in total. The van der Waals surface area contributed by atoms with E-state index in [0.29, 0.717) is 24.6 Å². The number of methoxy groups -OCH3 is 2. The summed E-state index contributed by atoms with van der Waals surface area (Å²) in [6, 6.07) is 5.51. The highest BCUT2D eigenvalue weighted by atomic mass is 16.5. The normalized spacial score (nSPS) is 25.3. The van der Waals surface area contributed by atoms with Crippen LogP contribution in [0.5, 0.6) is 11.5 Å². The highest BCUT2D eigenvalue weighted by molar-refractivity contribution is 5.87. The number of hydrogen-bond acceptors (Lipinski definition) is 4. The van der Waals surface area contributed by atoms with Crippen molar-refractivity contribution in [3.8, 4) is 11.5 Å². The highest BCUT2D eigenvalue weighted by Gasteiger charge is 2.52. The van der Waals surface area contributed by atoms with Crippen molar-refractivity contribution in [2.24, 2.45) is 23.7 Å². The number of amides is 1. The molecule has 2 aliphatic rings. The number of hydrogen-bond donors (Lipinski definition) is 1. The Kier molecular flexibility index (Phi) is 5.54. The van der Waals surface area contributed by atoms with Crippen LogP contribution in [0.25, 0.3) is 0 Å². The zero-order valence-electron chi connectivity index (χ0n) is 15.6. The lowest BCUT2D eigenvalue weighted by atomic mass is 9.82. The molecule has 1 amide bonds. The first-order valence-corrected chi connectivity index (χ1v) is 9.02. The summed E-state index contributed by atoms with van der Waals surface area (Å²) >= 11 is 0. The van der Waals surface area contributed by atoms with Crippen LogP contribution >= 0.6 is 0 Å². The summed E-state index contributed by atoms with van der Waals surface area (Å²) in [7, 11) is 3.12. The van der Waals surface area contributed by atoms with Gasteiger partial charge in [0.1, 0.15) is 0 Å². The van der Waals surface area contributed by atoms with Crippen molar-refractivity contribution in [3.05, 3.63) is 48.6 Å². The summed E-state index contributed by atoms with van der Waals surface area (Å²) in [6.07, 6.45) is 6.32. The molecule has 1 aromatic rings. The lowest BCUT2D eigenvalue weighted by molar-refractivity contribution is -0.151. The summed E-state index contributed by atoms with van der Waals surface area (Å²) < 4.78 is 10.8. The number of rotatable bonds is 8. The first-order chi connectivity index (χ1) is 13.0. The van der Waals surface area contributed by atoms with Crippen LogP contribution in [0.2, 0.25) is 0 Å². The fourth-order valence-corrected chi connectivity index (χ4v) is 4.38. The van der Waals surface area contributed by atoms with Gasteiger partial charge in [0.2, 0.25) is 5.91 Å². The van der Waals surface area contributed by atoms with Gasteiger partial charge in [0.05, 0.1) is 26.1 Å². The summed E-state index contributed by atoms with van der Waals surface area (Å²) in [6.45, 7) is 4.39. The average Bonchev–Trinajstić information content (AvgIpc) is 3.28. The quantitative estimate of drug-likeness (QED) is 0.711. The second-order valence-electron chi connectivity index (χ2n) is 7.00. The van der Waals surface area contributed by atoms with Gasteiger partial charge in [0.15, 0.2) is 11.5 Å². The molecule has 144 valence electrons. The zero-order chi connectivity index (χ0) is 19.6. The molecule has 0 aromatic heterocycles. The van der Waals surface area contributed by atoms with E-state index in [9.17, 15) is 14.7 Å². The minimum atomic E-state index is -0.900. The Bertz CT molecular complexity index is 772. The first-order valence-electron chi connectivity index (χ1n) is 9.02. The molecule has 0 saturated heterocycles. The van der Waals surface area contributed by atoms with E-state index >= 15 is 0 Å². The van der Waals surface area contributed by atoms with E-state index in [1.54, 1.807) is 31.3 Å². The van der Waals surface area contributed by atoms with E-state index in [2.05, 4.69) is 6.58 Å². The van der Waals surface area contributed by atoms with Crippen molar-refractivity contribution in [1.82, 2.24) is 4.90 Å². The van der Waals surface area contributed by atoms with Gasteiger partial charge in [-0.3, -0.25) is 9.59 Å². The smallest absolute Gasteiger partial charge is 0.307 e. The van der Waals surface area contributed by atoms with Crippen LogP contribution < -0.4 is 9.47 Å². The Labute approximate surface area is 159 Å². The number of nitrogens with zero attached hydrogens (tertiary/aromatic N) is 1. The number of ether oxygens (including phenoxy) is 2. The molecule has 1 N–H and O–H groups in total. The van der Waals surface area contributed by atoms with E-state index in [1.165, 1.54) is 0 Å². The fraction of sp³-hybridized carbons (Fsp3) is 0.429. The predicted octanol–water partition coefficient (Wildman–Crippen LogP) is 2.74. The molecule has 1 saturated carbocycles. The van der Waals surface area contributed by atoms with Crippen LogP contribution in [-0.4, -0.2) is 42.6 Å². The van der Waals surface area contributed by atoms with E-state index in [1.807, 2.05) is 24.3 Å². The molecule has 4 atom stereocenters. The van der Waals surface area contributed by atoms with E-state index in [-0.39, 0.29) is 17.7 Å². The molecule has 2 aliphatic carbocycles. The van der Waals surface area contributed by atoms with Crippen molar-refractivity contribution in [2.75, 3.05) is 20.8 Å². The van der Waals surface area contributed by atoms with Crippen molar-refractivity contribution >= 4 is 11.9 Å². The van der Waals surface area contributed by atoms with Crippen molar-refractivity contribution < 1.29 is 24.2 Å². The molecule has 2 bridgehead atoms. The Morgan fingerprint density at radius 3 is 2.52 bits per heavy atom. The molecule has 1 aromatic carbocycles. The molecule has 3 rings (SSSR count). The predicted molar refractivity (Wildman–Crippen MR) is 101 cm³/mol. The maximum atomic E-state index is 13.3. The molecule has 0 heterocycles. The van der Waals surface area contributed by atoms with Crippen LogP contribution in [0.3, 0.4) is 0 Å². The van der Waals surface area contributed by atoms with Crippen LogP contribution in [0, 0.1) is 23.7 Å². The minimum Gasteiger partial charge on any atom is -0.493 e. The molecule has 4 unspecified atom stereocenters. The lowest BCUT2D eigenvalue weighted by Crippen LogP contribution is -2.42. The molecule has 27 heavy (non-hydrogen) atoms. The Morgan fingerprint density at radius 1 is 1.22 bits per heavy atom. The SMILES string of the molecule is C=CCN(Cc1cccc(OC)c1OC)C(=O)C1C2C=CC(C2)C1C(=O)O. The van der Waals surface area contributed by atoms with Gasteiger partial charge >= 0.3 is 5.97 Å². The number of fused-ring (bicyclic) bond motifs is 2. The summed E-state index contributed by atoms with van der Waals surface area (Å²) in [5.41, 5.74) is 0.803. The zero-order valence-corrected chi connectivity index (χ0v) is 15.6. The fourth-order valence-electron chi connectivity index (χ4n) is 4.38. The Balaban J connectivity index is 1.88. The van der Waals surface area contributed by atoms with Crippen LogP contribution in [0.4, 0.5) is 0 Å². The number of carbonyl (C=O) groups excluding carboxylic acids is 1. The van der Waals surface area contributed by atoms with Crippen molar-refractivity contribution in [3.63, 3.8) is 0 Å². The van der Waals surface area contributed by atoms with Gasteiger partial charge in [-0.15, -0.1) is 6.58 Å².